The largest absolute Gasteiger partial charge is 0.484 e. The van der Waals surface area contributed by atoms with Gasteiger partial charge in [-0.05, 0) is 35.7 Å². The van der Waals surface area contributed by atoms with Gasteiger partial charge >= 0.3 is 0 Å². The third-order valence-corrected chi connectivity index (χ3v) is 3.33. The molecule has 22 heavy (non-hydrogen) atoms. The Hall–Kier alpha value is -2.80. The first kappa shape index (κ1) is 15.6. The molecule has 4 heteroatoms. The molecule has 0 saturated heterocycles. The molecule has 1 amide bonds. The zero-order chi connectivity index (χ0) is 15.8. The fourth-order valence-corrected chi connectivity index (χ4v) is 1.99. The van der Waals surface area contributed by atoms with Crippen LogP contribution in [0.2, 0.25) is 0 Å². The fraction of sp³-hybridized carbons (Fsp3) is 0.222. The smallest absolute Gasteiger partial charge is 0.257 e. The van der Waals surface area contributed by atoms with E-state index >= 15 is 0 Å². The summed E-state index contributed by atoms with van der Waals surface area (Å²) in [6, 6.07) is 18.7. The number of carbonyl (C=O) groups is 1. The van der Waals surface area contributed by atoms with Crippen molar-refractivity contribution in [1.82, 2.24) is 5.32 Å². The van der Waals surface area contributed by atoms with Crippen molar-refractivity contribution in [2.24, 2.45) is 0 Å². The van der Waals surface area contributed by atoms with Crippen LogP contribution in [0.25, 0.3) is 0 Å². The summed E-state index contributed by atoms with van der Waals surface area (Å²) in [6.45, 7) is 2.60. The van der Waals surface area contributed by atoms with Gasteiger partial charge < -0.3 is 10.1 Å². The maximum Gasteiger partial charge on any atom is 0.257 e. The lowest BCUT2D eigenvalue weighted by atomic mass is 10.0. The Bertz CT molecular complexity index is 645. The minimum atomic E-state index is -0.160. The minimum Gasteiger partial charge on any atom is -0.484 e. The molecular weight excluding hydrogens is 276 g/mol. The van der Waals surface area contributed by atoms with Crippen molar-refractivity contribution in [2.45, 2.75) is 12.8 Å². The molecule has 0 aliphatic carbocycles. The van der Waals surface area contributed by atoms with Crippen molar-refractivity contribution in [1.29, 1.82) is 5.26 Å². The molecule has 0 heterocycles. The number of ether oxygens (including phenoxy) is 1. The van der Waals surface area contributed by atoms with Crippen LogP contribution in [0, 0.1) is 11.3 Å². The lowest BCUT2D eigenvalue weighted by Gasteiger charge is -2.13. The van der Waals surface area contributed by atoms with Crippen LogP contribution in [0.3, 0.4) is 0 Å². The van der Waals surface area contributed by atoms with Gasteiger partial charge in [0.2, 0.25) is 0 Å². The highest BCUT2D eigenvalue weighted by Gasteiger charge is 2.08. The number of nitrogens with zero attached hydrogens (tertiary/aromatic N) is 1. The van der Waals surface area contributed by atoms with Crippen molar-refractivity contribution in [3.8, 4) is 11.8 Å². The Kier molecular flexibility index (Phi) is 5.56. The molecule has 1 N–H and O–H groups in total. The monoisotopic (exact) mass is 294 g/mol. The summed E-state index contributed by atoms with van der Waals surface area (Å²) in [5, 5.41) is 11.6. The molecule has 0 saturated carbocycles. The van der Waals surface area contributed by atoms with Gasteiger partial charge in [-0.15, -0.1) is 0 Å². The number of hydrogen-bond acceptors (Lipinski definition) is 3. The van der Waals surface area contributed by atoms with E-state index in [-0.39, 0.29) is 18.4 Å². The molecule has 2 rings (SSSR count). The third-order valence-electron chi connectivity index (χ3n) is 3.33. The number of amides is 1. The number of rotatable bonds is 6. The van der Waals surface area contributed by atoms with Crippen LogP contribution >= 0.6 is 0 Å². The average molecular weight is 294 g/mol. The van der Waals surface area contributed by atoms with E-state index in [1.807, 2.05) is 36.4 Å². The van der Waals surface area contributed by atoms with Gasteiger partial charge in [0, 0.05) is 6.54 Å². The van der Waals surface area contributed by atoms with Crippen molar-refractivity contribution in [2.75, 3.05) is 13.2 Å². The highest BCUT2D eigenvalue weighted by molar-refractivity contribution is 5.77. The summed E-state index contributed by atoms with van der Waals surface area (Å²) in [5.74, 6) is 0.664. The molecule has 0 aliphatic rings. The predicted octanol–water partition coefficient (Wildman–Crippen LogP) is 2.86. The Balaban J connectivity index is 1.75. The molecule has 0 radical (unpaired) electrons. The van der Waals surface area contributed by atoms with E-state index in [4.69, 9.17) is 10.00 Å². The normalized spacial score (nSPS) is 11.3. The number of nitriles is 1. The van der Waals surface area contributed by atoms with Crippen LogP contribution in [0.4, 0.5) is 0 Å². The van der Waals surface area contributed by atoms with E-state index in [9.17, 15) is 4.79 Å². The Labute approximate surface area is 130 Å². The summed E-state index contributed by atoms with van der Waals surface area (Å²) in [7, 11) is 0. The number of nitrogens with one attached hydrogen (secondary N) is 1. The molecule has 0 fully saturated rings. The van der Waals surface area contributed by atoms with E-state index in [0.717, 1.165) is 0 Å². The summed E-state index contributed by atoms with van der Waals surface area (Å²) in [4.78, 5) is 11.8. The topological polar surface area (TPSA) is 62.1 Å². The Morgan fingerprint density at radius 1 is 1.18 bits per heavy atom. The lowest BCUT2D eigenvalue weighted by molar-refractivity contribution is -0.123. The van der Waals surface area contributed by atoms with E-state index in [0.29, 0.717) is 17.9 Å². The van der Waals surface area contributed by atoms with E-state index in [1.54, 1.807) is 24.3 Å². The van der Waals surface area contributed by atoms with Gasteiger partial charge in [0.15, 0.2) is 6.61 Å². The molecule has 4 nitrogen and oxygen atoms in total. The molecule has 0 aliphatic heterocycles. The van der Waals surface area contributed by atoms with Crippen LogP contribution in [-0.4, -0.2) is 19.1 Å². The summed E-state index contributed by atoms with van der Waals surface area (Å²) in [5.41, 5.74) is 1.75. The predicted molar refractivity (Wildman–Crippen MR) is 84.5 cm³/mol. The molecule has 112 valence electrons. The molecule has 2 aromatic carbocycles. The molecule has 0 unspecified atom stereocenters. The third kappa shape index (κ3) is 4.64. The first-order valence-corrected chi connectivity index (χ1v) is 7.13. The quantitative estimate of drug-likeness (QED) is 0.891. The lowest BCUT2D eigenvalue weighted by Crippen LogP contribution is -2.31. The highest BCUT2D eigenvalue weighted by atomic mass is 16.5. The van der Waals surface area contributed by atoms with Gasteiger partial charge in [-0.25, -0.2) is 0 Å². The van der Waals surface area contributed by atoms with Gasteiger partial charge in [-0.2, -0.15) is 5.26 Å². The second-order valence-corrected chi connectivity index (χ2v) is 5.04. The maximum atomic E-state index is 11.8. The number of carbonyl (C=O) groups excluding carboxylic acids is 1. The Morgan fingerprint density at radius 3 is 2.50 bits per heavy atom. The van der Waals surface area contributed by atoms with E-state index in [2.05, 4.69) is 12.2 Å². The van der Waals surface area contributed by atoms with Gasteiger partial charge in [0.25, 0.3) is 5.91 Å². The van der Waals surface area contributed by atoms with Crippen LogP contribution in [-0.2, 0) is 4.79 Å². The van der Waals surface area contributed by atoms with E-state index < -0.39 is 0 Å². The second-order valence-electron chi connectivity index (χ2n) is 5.04. The standard InChI is InChI=1S/C18H18N2O2/c1-14(16-5-3-2-4-6-16)12-20-18(21)13-22-17-9-7-15(11-19)8-10-17/h2-10,14H,12-13H2,1H3,(H,20,21)/t14-/m1/s1. The fourth-order valence-electron chi connectivity index (χ4n) is 1.99. The second kappa shape index (κ2) is 7.84. The van der Waals surface area contributed by atoms with Crippen LogP contribution in [0.5, 0.6) is 5.75 Å². The highest BCUT2D eigenvalue weighted by Crippen LogP contribution is 2.13. The number of hydrogen-bond donors (Lipinski definition) is 1. The molecule has 0 bridgehead atoms. The van der Waals surface area contributed by atoms with Crippen LogP contribution < -0.4 is 10.1 Å². The molecule has 0 aromatic heterocycles. The molecule has 1 atom stereocenters. The van der Waals surface area contributed by atoms with Crippen molar-refractivity contribution >= 4 is 5.91 Å². The van der Waals surface area contributed by atoms with Crippen molar-refractivity contribution in [3.63, 3.8) is 0 Å². The van der Waals surface area contributed by atoms with Gasteiger partial charge in [0.1, 0.15) is 5.75 Å². The van der Waals surface area contributed by atoms with Crippen molar-refractivity contribution in [3.05, 3.63) is 65.7 Å². The SMILES string of the molecule is C[C@H](CNC(=O)COc1ccc(C#N)cc1)c1ccccc1. The van der Waals surface area contributed by atoms with Crippen LogP contribution in [0.15, 0.2) is 54.6 Å². The van der Waals surface area contributed by atoms with Crippen molar-refractivity contribution < 1.29 is 9.53 Å². The first-order valence-electron chi connectivity index (χ1n) is 7.13. The van der Waals surface area contributed by atoms with Gasteiger partial charge in [-0.3, -0.25) is 4.79 Å². The minimum absolute atomic E-state index is 0.0343. The summed E-state index contributed by atoms with van der Waals surface area (Å²) >= 11 is 0. The zero-order valence-electron chi connectivity index (χ0n) is 12.5. The molecular formula is C18H18N2O2. The Morgan fingerprint density at radius 2 is 1.86 bits per heavy atom. The molecule has 0 spiro atoms. The van der Waals surface area contributed by atoms with E-state index in [1.165, 1.54) is 5.56 Å². The maximum absolute atomic E-state index is 11.8. The first-order chi connectivity index (χ1) is 10.7. The number of benzene rings is 2. The van der Waals surface area contributed by atoms with Crippen LogP contribution in [0.1, 0.15) is 24.0 Å². The van der Waals surface area contributed by atoms with Gasteiger partial charge in [-0.1, -0.05) is 37.3 Å². The summed E-state index contributed by atoms with van der Waals surface area (Å²) in [6.07, 6.45) is 0. The summed E-state index contributed by atoms with van der Waals surface area (Å²) < 4.78 is 5.38. The molecule has 2 aromatic rings. The zero-order valence-corrected chi connectivity index (χ0v) is 12.5. The van der Waals surface area contributed by atoms with Gasteiger partial charge in [0.05, 0.1) is 11.6 Å². The average Bonchev–Trinajstić information content (AvgIpc) is 2.59.